The van der Waals surface area contributed by atoms with Crippen LogP contribution in [0.5, 0.6) is 11.5 Å². The number of carbonyl (C=O) groups excluding carboxylic acids is 1. The molecule has 0 saturated heterocycles. The highest BCUT2D eigenvalue weighted by atomic mass is 79.9. The summed E-state index contributed by atoms with van der Waals surface area (Å²) in [7, 11) is 1.35. The average Bonchev–Trinajstić information content (AvgIpc) is 2.41. The van der Waals surface area contributed by atoms with Gasteiger partial charge in [-0.05, 0) is 46.3 Å². The fourth-order valence-corrected chi connectivity index (χ4v) is 1.77. The monoisotopic (exact) mass is 306 g/mol. The van der Waals surface area contributed by atoms with Crippen LogP contribution in [-0.4, -0.2) is 13.1 Å². The zero-order chi connectivity index (χ0) is 13.0. The van der Waals surface area contributed by atoms with Gasteiger partial charge in [-0.15, -0.1) is 0 Å². The summed E-state index contributed by atoms with van der Waals surface area (Å²) in [4.78, 5) is 11.4. The summed E-state index contributed by atoms with van der Waals surface area (Å²) < 4.78 is 11.1. The van der Waals surface area contributed by atoms with Gasteiger partial charge in [-0.3, -0.25) is 0 Å². The third kappa shape index (κ3) is 2.90. The Morgan fingerprint density at radius 2 is 1.83 bits per heavy atom. The van der Waals surface area contributed by atoms with Crippen LogP contribution in [0, 0.1) is 0 Å². The van der Waals surface area contributed by atoms with E-state index < -0.39 is 0 Å². The number of ether oxygens (including phenoxy) is 2. The number of hydrogen-bond acceptors (Lipinski definition) is 3. The molecule has 0 unspecified atom stereocenters. The molecule has 0 spiro atoms. The molecule has 0 amide bonds. The minimum absolute atomic E-state index is 0.389. The zero-order valence-corrected chi connectivity index (χ0v) is 11.3. The molecule has 0 N–H and O–H groups in total. The molecule has 0 aromatic heterocycles. The quantitative estimate of drug-likeness (QED) is 0.803. The highest BCUT2D eigenvalue weighted by Gasteiger charge is 2.10. The molecular formula is C14H11BrO3. The fraction of sp³-hybridized carbons (Fsp3) is 0.0714. The molecule has 4 heteroatoms. The van der Waals surface area contributed by atoms with Gasteiger partial charge in [-0.25, -0.2) is 4.79 Å². The van der Waals surface area contributed by atoms with Crippen molar-refractivity contribution in [3.05, 3.63) is 58.6 Å². The first kappa shape index (κ1) is 12.6. The number of rotatable bonds is 3. The van der Waals surface area contributed by atoms with Gasteiger partial charge in [0.1, 0.15) is 11.5 Å². The van der Waals surface area contributed by atoms with E-state index in [1.165, 1.54) is 7.11 Å². The number of hydrogen-bond donors (Lipinski definition) is 0. The van der Waals surface area contributed by atoms with Gasteiger partial charge in [0, 0.05) is 0 Å². The smallest absolute Gasteiger partial charge is 0.337 e. The molecule has 0 heterocycles. The van der Waals surface area contributed by atoms with Crippen LogP contribution in [0.4, 0.5) is 0 Å². The van der Waals surface area contributed by atoms with Crippen LogP contribution in [0.25, 0.3) is 0 Å². The number of halogens is 1. The molecule has 0 saturated carbocycles. The van der Waals surface area contributed by atoms with Crippen molar-refractivity contribution in [2.45, 2.75) is 0 Å². The second kappa shape index (κ2) is 5.69. The van der Waals surface area contributed by atoms with E-state index in [4.69, 9.17) is 4.74 Å². The predicted molar refractivity (Wildman–Crippen MR) is 72.0 cm³/mol. The highest BCUT2D eigenvalue weighted by molar-refractivity contribution is 9.10. The molecular weight excluding hydrogens is 296 g/mol. The predicted octanol–water partition coefficient (Wildman–Crippen LogP) is 4.03. The lowest BCUT2D eigenvalue weighted by molar-refractivity contribution is 0.0600. The van der Waals surface area contributed by atoms with Crippen LogP contribution in [0.3, 0.4) is 0 Å². The molecule has 2 aromatic carbocycles. The third-order valence-electron chi connectivity index (χ3n) is 2.32. The number of carbonyl (C=O) groups is 1. The second-order valence-corrected chi connectivity index (χ2v) is 4.41. The van der Waals surface area contributed by atoms with Gasteiger partial charge in [0.2, 0.25) is 0 Å². The molecule has 0 bridgehead atoms. The fourth-order valence-electron chi connectivity index (χ4n) is 1.44. The van der Waals surface area contributed by atoms with E-state index in [0.717, 1.165) is 4.47 Å². The van der Waals surface area contributed by atoms with Crippen molar-refractivity contribution in [3.8, 4) is 11.5 Å². The van der Waals surface area contributed by atoms with E-state index in [0.29, 0.717) is 17.1 Å². The molecule has 0 aliphatic rings. The average molecular weight is 307 g/mol. The van der Waals surface area contributed by atoms with Crippen molar-refractivity contribution in [2.24, 2.45) is 0 Å². The Hall–Kier alpha value is -1.81. The Kier molecular flexibility index (Phi) is 3.99. The Bertz CT molecular complexity index is 552. The summed E-state index contributed by atoms with van der Waals surface area (Å²) in [6.07, 6.45) is 0. The lowest BCUT2D eigenvalue weighted by atomic mass is 10.2. The summed E-state index contributed by atoms with van der Waals surface area (Å²) in [5.41, 5.74) is 0.451. The van der Waals surface area contributed by atoms with E-state index in [2.05, 4.69) is 20.7 Å². The van der Waals surface area contributed by atoms with Gasteiger partial charge in [0.25, 0.3) is 0 Å². The first-order valence-electron chi connectivity index (χ1n) is 5.31. The van der Waals surface area contributed by atoms with Crippen LogP contribution < -0.4 is 4.74 Å². The van der Waals surface area contributed by atoms with Gasteiger partial charge in [0.05, 0.1) is 17.1 Å². The Morgan fingerprint density at radius 3 is 2.50 bits per heavy atom. The van der Waals surface area contributed by atoms with Gasteiger partial charge >= 0.3 is 5.97 Å². The number of benzene rings is 2. The summed E-state index contributed by atoms with van der Waals surface area (Å²) in [5.74, 6) is 0.893. The van der Waals surface area contributed by atoms with E-state index in [9.17, 15) is 4.79 Å². The lowest BCUT2D eigenvalue weighted by Crippen LogP contribution is -2.01. The highest BCUT2D eigenvalue weighted by Crippen LogP contribution is 2.30. The van der Waals surface area contributed by atoms with E-state index in [1.807, 2.05) is 30.3 Å². The molecule has 0 fully saturated rings. The van der Waals surface area contributed by atoms with Crippen LogP contribution in [0.1, 0.15) is 10.4 Å². The standard InChI is InChI=1S/C14H11BrO3/c1-17-14(16)10-7-8-12(15)13(9-10)18-11-5-3-2-4-6-11/h2-9H,1H3. The first-order valence-corrected chi connectivity index (χ1v) is 6.11. The van der Waals surface area contributed by atoms with Crippen LogP contribution >= 0.6 is 15.9 Å². The van der Waals surface area contributed by atoms with Gasteiger partial charge in [0.15, 0.2) is 0 Å². The Labute approximate surface area is 113 Å². The molecule has 0 radical (unpaired) electrons. The van der Waals surface area contributed by atoms with Crippen LogP contribution in [-0.2, 0) is 4.74 Å². The molecule has 18 heavy (non-hydrogen) atoms. The van der Waals surface area contributed by atoms with E-state index in [1.54, 1.807) is 18.2 Å². The maximum atomic E-state index is 11.4. The maximum absolute atomic E-state index is 11.4. The molecule has 0 atom stereocenters. The molecule has 0 aliphatic heterocycles. The first-order chi connectivity index (χ1) is 8.70. The largest absolute Gasteiger partial charge is 0.465 e. The van der Waals surface area contributed by atoms with Crippen molar-refractivity contribution < 1.29 is 14.3 Å². The van der Waals surface area contributed by atoms with Crippen LogP contribution in [0.2, 0.25) is 0 Å². The molecule has 92 valence electrons. The topological polar surface area (TPSA) is 35.5 Å². The van der Waals surface area contributed by atoms with Crippen molar-refractivity contribution in [1.82, 2.24) is 0 Å². The van der Waals surface area contributed by atoms with Crippen molar-refractivity contribution in [1.29, 1.82) is 0 Å². The van der Waals surface area contributed by atoms with Crippen molar-refractivity contribution in [3.63, 3.8) is 0 Å². The normalized spacial score (nSPS) is 9.89. The van der Waals surface area contributed by atoms with Gasteiger partial charge in [-0.2, -0.15) is 0 Å². The SMILES string of the molecule is COC(=O)c1ccc(Br)c(Oc2ccccc2)c1. The van der Waals surface area contributed by atoms with Gasteiger partial charge < -0.3 is 9.47 Å². The summed E-state index contributed by atoms with van der Waals surface area (Å²) in [5, 5.41) is 0. The Balaban J connectivity index is 2.30. The summed E-state index contributed by atoms with van der Waals surface area (Å²) in [6, 6.07) is 14.4. The number of methoxy groups -OCH3 is 1. The molecule has 3 nitrogen and oxygen atoms in total. The summed E-state index contributed by atoms with van der Waals surface area (Å²) in [6.45, 7) is 0. The zero-order valence-electron chi connectivity index (χ0n) is 9.72. The lowest BCUT2D eigenvalue weighted by Gasteiger charge is -2.09. The van der Waals surface area contributed by atoms with Gasteiger partial charge in [-0.1, -0.05) is 18.2 Å². The second-order valence-electron chi connectivity index (χ2n) is 3.55. The minimum Gasteiger partial charge on any atom is -0.465 e. The maximum Gasteiger partial charge on any atom is 0.337 e. The van der Waals surface area contributed by atoms with Crippen molar-refractivity contribution >= 4 is 21.9 Å². The van der Waals surface area contributed by atoms with Crippen LogP contribution in [0.15, 0.2) is 53.0 Å². The molecule has 2 rings (SSSR count). The van der Waals surface area contributed by atoms with E-state index in [-0.39, 0.29) is 5.97 Å². The van der Waals surface area contributed by atoms with E-state index >= 15 is 0 Å². The minimum atomic E-state index is -0.389. The Morgan fingerprint density at radius 1 is 1.11 bits per heavy atom. The van der Waals surface area contributed by atoms with Crippen molar-refractivity contribution in [2.75, 3.05) is 7.11 Å². The number of para-hydroxylation sites is 1. The number of esters is 1. The molecule has 2 aromatic rings. The molecule has 0 aliphatic carbocycles. The summed E-state index contributed by atoms with van der Waals surface area (Å²) >= 11 is 3.38. The third-order valence-corrected chi connectivity index (χ3v) is 2.98.